The van der Waals surface area contributed by atoms with Crippen molar-refractivity contribution < 1.29 is 37.0 Å². The Kier molecular flexibility index (Phi) is 6.85. The molecule has 3 aromatic rings. The number of fused-ring (bicyclic) bond motifs is 9. The van der Waals surface area contributed by atoms with Crippen molar-refractivity contribution in [2.75, 3.05) is 26.1 Å². The van der Waals surface area contributed by atoms with E-state index in [1.807, 2.05) is 18.2 Å². The first-order chi connectivity index (χ1) is 21.0. The predicted molar refractivity (Wildman–Crippen MR) is 155 cm³/mol. The number of rotatable bonds is 6. The van der Waals surface area contributed by atoms with Crippen molar-refractivity contribution in [1.82, 2.24) is 9.88 Å². The number of alkyl halides is 3. The molecule has 44 heavy (non-hydrogen) atoms. The number of hydrogen-bond acceptors (Lipinski definition) is 8. The largest absolute Gasteiger partial charge is 0.493 e. The number of imide groups is 1. The first kappa shape index (κ1) is 29.0. The first-order valence-electron chi connectivity index (χ1n) is 13.9. The lowest BCUT2D eigenvalue weighted by atomic mass is 9.68. The van der Waals surface area contributed by atoms with E-state index in [2.05, 4.69) is 10.3 Å². The lowest BCUT2D eigenvalue weighted by molar-refractivity contribution is -0.143. The molecule has 2 saturated carbocycles. The number of nitrogens with zero attached hydrogens (tertiary/aromatic N) is 1. The van der Waals surface area contributed by atoms with Gasteiger partial charge in [-0.05, 0) is 60.1 Å². The summed E-state index contributed by atoms with van der Waals surface area (Å²) in [7, 11) is 3.09. The van der Waals surface area contributed by atoms with Crippen molar-refractivity contribution in [3.8, 4) is 11.5 Å². The fraction of sp³-hybridized carbons (Fsp3) is 0.400. The molecular formula is C30H26F3N3O6S2. The molecule has 1 aromatic heterocycles. The number of anilines is 1. The molecule has 2 aliphatic carbocycles. The summed E-state index contributed by atoms with van der Waals surface area (Å²) in [6.07, 6.45) is -3.92. The van der Waals surface area contributed by atoms with Gasteiger partial charge in [0.05, 0.1) is 36.6 Å². The number of H-pyrrole nitrogens is 1. The van der Waals surface area contributed by atoms with Crippen molar-refractivity contribution in [3.05, 3.63) is 68.1 Å². The Morgan fingerprint density at radius 1 is 1.02 bits per heavy atom. The van der Waals surface area contributed by atoms with Crippen molar-refractivity contribution in [2.24, 2.45) is 29.6 Å². The summed E-state index contributed by atoms with van der Waals surface area (Å²) in [5.74, 6) is -2.34. The summed E-state index contributed by atoms with van der Waals surface area (Å²) in [4.78, 5) is 57.4. The van der Waals surface area contributed by atoms with E-state index >= 15 is 0 Å². The Balaban J connectivity index is 1.17. The zero-order chi connectivity index (χ0) is 31.1. The SMILES string of the molecule is COc1ccc([C@H]2c3sc(=O)[nH]c3SC3C4CC(C5C(=O)N(CC(=O)Nc6cccc(C(F)(F)F)c6)C(=O)C45)C32)cc1OC. The quantitative estimate of drug-likeness (QED) is 0.377. The highest BCUT2D eigenvalue weighted by Gasteiger charge is 2.69. The van der Waals surface area contributed by atoms with Gasteiger partial charge in [0.15, 0.2) is 11.5 Å². The number of thiazole rings is 1. The Hall–Kier alpha value is -3.78. The third kappa shape index (κ3) is 4.44. The minimum absolute atomic E-state index is 0.0484. The number of carbonyl (C=O) groups is 3. The van der Waals surface area contributed by atoms with Crippen LogP contribution in [0.2, 0.25) is 0 Å². The second-order valence-electron chi connectivity index (χ2n) is 11.5. The van der Waals surface area contributed by atoms with Gasteiger partial charge in [0, 0.05) is 21.7 Å². The fourth-order valence-electron chi connectivity index (χ4n) is 7.77. The van der Waals surface area contributed by atoms with Crippen LogP contribution in [0, 0.1) is 29.6 Å². The number of amides is 3. The Labute approximate surface area is 257 Å². The van der Waals surface area contributed by atoms with Crippen LogP contribution in [0.1, 0.15) is 28.3 Å². The number of aromatic amines is 1. The molecule has 2 N–H and O–H groups in total. The maximum Gasteiger partial charge on any atom is 0.416 e. The van der Waals surface area contributed by atoms with E-state index in [-0.39, 0.29) is 39.5 Å². The molecule has 14 heteroatoms. The molecule has 2 aromatic carbocycles. The van der Waals surface area contributed by atoms with Crippen molar-refractivity contribution >= 4 is 46.5 Å². The maximum atomic E-state index is 13.8. The maximum absolute atomic E-state index is 13.8. The molecule has 3 fully saturated rings. The highest BCUT2D eigenvalue weighted by atomic mass is 32.2. The Bertz CT molecular complexity index is 1760. The van der Waals surface area contributed by atoms with Gasteiger partial charge in [-0.3, -0.25) is 24.1 Å². The number of methoxy groups -OCH3 is 2. The monoisotopic (exact) mass is 645 g/mol. The number of nitrogens with one attached hydrogen (secondary N) is 2. The van der Waals surface area contributed by atoms with Gasteiger partial charge in [-0.25, -0.2) is 0 Å². The summed E-state index contributed by atoms with van der Waals surface area (Å²) < 4.78 is 50.4. The topological polar surface area (TPSA) is 118 Å². The molecule has 9 nitrogen and oxygen atoms in total. The van der Waals surface area contributed by atoms with Gasteiger partial charge in [0.1, 0.15) is 6.54 Å². The number of thioether (sulfide) groups is 1. The lowest BCUT2D eigenvalue weighted by Crippen LogP contribution is -2.42. The molecule has 3 heterocycles. The highest BCUT2D eigenvalue weighted by Crippen LogP contribution is 2.68. The molecule has 2 bridgehead atoms. The summed E-state index contributed by atoms with van der Waals surface area (Å²) >= 11 is 2.69. The van der Waals surface area contributed by atoms with Crippen LogP contribution in [0.15, 0.2) is 52.3 Å². The molecule has 6 unspecified atom stereocenters. The van der Waals surface area contributed by atoms with Gasteiger partial charge >= 0.3 is 11.0 Å². The standard InChI is InChI=1S/C30H26F3N3O6S2/c1-41-17-7-6-12(8-18(17)42-2)20-21-15-10-16(24(21)43-26-25(20)44-29(40)35-26)23-22(15)27(38)36(28(23)39)11-19(37)34-14-5-3-4-13(9-14)30(31,32)33/h3-9,15-16,20-24H,10-11H2,1-2H3,(H,34,37)(H,35,40)/t15?,16?,20-,21?,22?,23?,24?/m1/s1. The lowest BCUT2D eigenvalue weighted by Gasteiger charge is -2.43. The van der Waals surface area contributed by atoms with Crippen molar-refractivity contribution in [2.45, 2.75) is 28.8 Å². The molecule has 0 radical (unpaired) electrons. The van der Waals surface area contributed by atoms with E-state index in [0.29, 0.717) is 17.9 Å². The third-order valence-electron chi connectivity index (χ3n) is 9.36. The smallest absolute Gasteiger partial charge is 0.416 e. The van der Waals surface area contributed by atoms with Crippen LogP contribution in [0.4, 0.5) is 18.9 Å². The Morgan fingerprint density at radius 2 is 1.75 bits per heavy atom. The fourth-order valence-corrected chi connectivity index (χ4v) is 10.7. The second-order valence-corrected chi connectivity index (χ2v) is 13.7. The summed E-state index contributed by atoms with van der Waals surface area (Å²) in [6, 6.07) is 9.82. The molecule has 4 aliphatic rings. The van der Waals surface area contributed by atoms with Crippen molar-refractivity contribution in [3.63, 3.8) is 0 Å². The molecule has 7 atom stereocenters. The third-order valence-corrected chi connectivity index (χ3v) is 11.9. The minimum atomic E-state index is -4.58. The van der Waals surface area contributed by atoms with E-state index in [0.717, 1.165) is 43.8 Å². The van der Waals surface area contributed by atoms with E-state index < -0.39 is 47.8 Å². The van der Waals surface area contributed by atoms with Gasteiger partial charge in [0.25, 0.3) is 0 Å². The number of hydrogen-bond donors (Lipinski definition) is 2. The van der Waals surface area contributed by atoms with E-state index in [9.17, 15) is 32.3 Å². The van der Waals surface area contributed by atoms with E-state index in [4.69, 9.17) is 9.47 Å². The molecule has 0 spiro atoms. The van der Waals surface area contributed by atoms with Crippen LogP contribution in [0.5, 0.6) is 11.5 Å². The number of aromatic nitrogens is 1. The normalized spacial score (nSPS) is 28.5. The number of halogens is 3. The van der Waals surface area contributed by atoms with Gasteiger partial charge in [-0.1, -0.05) is 23.5 Å². The van der Waals surface area contributed by atoms with Crippen LogP contribution in [-0.2, 0) is 20.6 Å². The second kappa shape index (κ2) is 10.4. The van der Waals surface area contributed by atoms with Gasteiger partial charge < -0.3 is 19.8 Å². The number of benzene rings is 2. The zero-order valence-electron chi connectivity index (χ0n) is 23.3. The molecular weight excluding hydrogens is 619 g/mol. The number of likely N-dealkylation sites (tertiary alicyclic amines) is 1. The van der Waals surface area contributed by atoms with Crippen LogP contribution < -0.4 is 19.7 Å². The molecule has 3 amide bonds. The summed E-state index contributed by atoms with van der Waals surface area (Å²) in [6.45, 7) is -0.581. The zero-order valence-corrected chi connectivity index (χ0v) is 25.0. The summed E-state index contributed by atoms with van der Waals surface area (Å²) in [5, 5.41) is 3.11. The number of ether oxygens (including phenoxy) is 2. The van der Waals surface area contributed by atoms with Crippen molar-refractivity contribution in [1.29, 1.82) is 0 Å². The first-order valence-corrected chi connectivity index (χ1v) is 15.6. The van der Waals surface area contributed by atoms with Crippen LogP contribution in [-0.4, -0.2) is 53.6 Å². The Morgan fingerprint density at radius 3 is 2.45 bits per heavy atom. The molecule has 230 valence electrons. The summed E-state index contributed by atoms with van der Waals surface area (Å²) in [5.41, 5.74) is -0.0918. The number of carbonyl (C=O) groups excluding carboxylic acids is 3. The van der Waals surface area contributed by atoms with Gasteiger partial charge in [0.2, 0.25) is 17.7 Å². The van der Waals surface area contributed by atoms with E-state index in [1.54, 1.807) is 26.0 Å². The minimum Gasteiger partial charge on any atom is -0.493 e. The van der Waals surface area contributed by atoms with E-state index in [1.165, 1.54) is 12.1 Å². The molecule has 2 aliphatic heterocycles. The molecule has 7 rings (SSSR count). The predicted octanol–water partition coefficient (Wildman–Crippen LogP) is 4.58. The highest BCUT2D eigenvalue weighted by molar-refractivity contribution is 8.00. The van der Waals surface area contributed by atoms with Crippen LogP contribution in [0.25, 0.3) is 0 Å². The van der Waals surface area contributed by atoms with Crippen LogP contribution >= 0.6 is 23.1 Å². The molecule has 1 saturated heterocycles. The average molecular weight is 646 g/mol. The average Bonchev–Trinajstić information content (AvgIpc) is 3.72. The van der Waals surface area contributed by atoms with Gasteiger partial charge in [-0.2, -0.15) is 13.2 Å². The van der Waals surface area contributed by atoms with Crippen LogP contribution in [0.3, 0.4) is 0 Å². The van der Waals surface area contributed by atoms with Gasteiger partial charge in [-0.15, -0.1) is 11.8 Å².